The van der Waals surface area contributed by atoms with Crippen LogP contribution in [0.3, 0.4) is 0 Å². The minimum absolute atomic E-state index is 0.109. The molecule has 6 atom stereocenters. The molecule has 3 aliphatic carbocycles. The van der Waals surface area contributed by atoms with E-state index in [9.17, 15) is 20.1 Å². The van der Waals surface area contributed by atoms with Crippen molar-refractivity contribution in [2.24, 2.45) is 23.7 Å². The molecule has 0 aromatic heterocycles. The number of phenolic OH excluding ortho intramolecular Hbond substituents is 1. The smallest absolute Gasteiger partial charge is 0.306 e. The largest absolute Gasteiger partial charge is 0.508 e. The zero-order valence-electron chi connectivity index (χ0n) is 12.5. The number of carboxylic acids is 1. The van der Waals surface area contributed by atoms with Crippen molar-refractivity contribution in [2.75, 3.05) is 0 Å². The van der Waals surface area contributed by atoms with Crippen molar-refractivity contribution in [2.45, 2.75) is 44.1 Å². The highest BCUT2D eigenvalue weighted by molar-refractivity contribution is 5.71. The van der Waals surface area contributed by atoms with Gasteiger partial charge in [0.1, 0.15) is 5.75 Å². The van der Waals surface area contributed by atoms with Gasteiger partial charge in [0.15, 0.2) is 0 Å². The summed E-state index contributed by atoms with van der Waals surface area (Å²) in [6.45, 7) is 0. The van der Waals surface area contributed by atoms with E-state index >= 15 is 0 Å². The van der Waals surface area contributed by atoms with Gasteiger partial charge in [0.05, 0.1) is 12.0 Å². The number of fused-ring (bicyclic) bond motifs is 5. The van der Waals surface area contributed by atoms with Crippen LogP contribution in [0, 0.1) is 23.7 Å². The second kappa shape index (κ2) is 4.98. The number of hydrogen-bond acceptors (Lipinski definition) is 3. The molecule has 5 unspecified atom stereocenters. The maximum absolute atomic E-state index is 11.4. The lowest BCUT2D eigenvalue weighted by Gasteiger charge is -2.47. The number of benzene rings is 1. The molecule has 3 aliphatic rings. The van der Waals surface area contributed by atoms with Crippen LogP contribution < -0.4 is 0 Å². The normalized spacial score (nSPS) is 39.7. The van der Waals surface area contributed by atoms with Gasteiger partial charge in [-0.2, -0.15) is 0 Å². The third-order valence-electron chi connectivity index (χ3n) is 6.37. The van der Waals surface area contributed by atoms with Gasteiger partial charge in [0.25, 0.3) is 0 Å². The Balaban J connectivity index is 1.69. The van der Waals surface area contributed by atoms with Crippen LogP contribution >= 0.6 is 0 Å². The Hall–Kier alpha value is -1.55. The summed E-state index contributed by atoms with van der Waals surface area (Å²) < 4.78 is 0. The fourth-order valence-corrected chi connectivity index (χ4v) is 5.54. The van der Waals surface area contributed by atoms with Gasteiger partial charge in [-0.1, -0.05) is 6.07 Å². The van der Waals surface area contributed by atoms with Crippen molar-refractivity contribution in [3.63, 3.8) is 0 Å². The first kappa shape index (κ1) is 14.1. The predicted octanol–water partition coefficient (Wildman–Crippen LogP) is 2.53. The fraction of sp³-hybridized carbons (Fsp3) is 0.611. The quantitative estimate of drug-likeness (QED) is 0.745. The van der Waals surface area contributed by atoms with Crippen LogP contribution in [0.4, 0.5) is 0 Å². The second-order valence-electron chi connectivity index (χ2n) is 7.26. The number of aryl methyl sites for hydroxylation is 1. The summed E-state index contributed by atoms with van der Waals surface area (Å²) in [6.07, 6.45) is 3.77. The summed E-state index contributed by atoms with van der Waals surface area (Å²) in [4.78, 5) is 11.4. The van der Waals surface area contributed by atoms with E-state index in [0.717, 1.165) is 31.2 Å². The molecule has 0 amide bonds. The highest BCUT2D eigenvalue weighted by Gasteiger charge is 2.52. The van der Waals surface area contributed by atoms with Crippen LogP contribution in [-0.2, 0) is 11.2 Å². The van der Waals surface area contributed by atoms with Gasteiger partial charge in [0, 0.05) is 5.92 Å². The van der Waals surface area contributed by atoms with Gasteiger partial charge in [0.2, 0.25) is 0 Å². The molecule has 0 heterocycles. The molecule has 3 N–H and O–H groups in total. The van der Waals surface area contributed by atoms with E-state index in [4.69, 9.17) is 0 Å². The van der Waals surface area contributed by atoms with Gasteiger partial charge >= 0.3 is 5.97 Å². The molecule has 2 saturated carbocycles. The number of phenols is 1. The van der Waals surface area contributed by atoms with Crippen LogP contribution in [0.25, 0.3) is 0 Å². The topological polar surface area (TPSA) is 77.8 Å². The van der Waals surface area contributed by atoms with Crippen LogP contribution in [-0.4, -0.2) is 27.4 Å². The highest BCUT2D eigenvalue weighted by Crippen LogP contribution is 2.56. The summed E-state index contributed by atoms with van der Waals surface area (Å²) in [5.41, 5.74) is 2.31. The van der Waals surface area contributed by atoms with Gasteiger partial charge in [-0.25, -0.2) is 0 Å². The van der Waals surface area contributed by atoms with Crippen molar-refractivity contribution in [3.8, 4) is 5.75 Å². The summed E-state index contributed by atoms with van der Waals surface area (Å²) in [5.74, 6) is 0.366. The third kappa shape index (κ3) is 1.97. The minimum atomic E-state index is -0.695. The first-order chi connectivity index (χ1) is 10.6. The SMILES string of the molecule is O=C(O)C1CCC2C1C[C@H](O)C1c3ccc(O)cc3CCC21. The lowest BCUT2D eigenvalue weighted by Crippen LogP contribution is -2.44. The maximum atomic E-state index is 11.4. The molecule has 22 heavy (non-hydrogen) atoms. The zero-order chi connectivity index (χ0) is 15.4. The molecule has 1 aromatic rings. The average Bonchev–Trinajstić information content (AvgIpc) is 2.90. The molecular weight excluding hydrogens is 280 g/mol. The lowest BCUT2D eigenvalue weighted by molar-refractivity contribution is -0.144. The predicted molar refractivity (Wildman–Crippen MR) is 80.6 cm³/mol. The Labute approximate surface area is 129 Å². The Morgan fingerprint density at radius 3 is 2.68 bits per heavy atom. The molecular formula is C18H22O4. The number of hydrogen-bond donors (Lipinski definition) is 3. The molecule has 4 rings (SSSR count). The highest BCUT2D eigenvalue weighted by atomic mass is 16.4. The van der Waals surface area contributed by atoms with Crippen molar-refractivity contribution < 1.29 is 20.1 Å². The number of aromatic hydroxyl groups is 1. The minimum Gasteiger partial charge on any atom is -0.508 e. The molecule has 0 aliphatic heterocycles. The number of aliphatic hydroxyl groups excluding tert-OH is 1. The summed E-state index contributed by atoms with van der Waals surface area (Å²) in [7, 11) is 0. The monoisotopic (exact) mass is 302 g/mol. The fourth-order valence-electron chi connectivity index (χ4n) is 5.54. The maximum Gasteiger partial charge on any atom is 0.306 e. The summed E-state index contributed by atoms with van der Waals surface area (Å²) in [6, 6.07) is 5.47. The second-order valence-corrected chi connectivity index (χ2v) is 7.26. The molecule has 0 bridgehead atoms. The van der Waals surface area contributed by atoms with E-state index in [1.54, 1.807) is 6.07 Å². The molecule has 1 aromatic carbocycles. The van der Waals surface area contributed by atoms with Crippen LogP contribution in [0.5, 0.6) is 5.75 Å². The van der Waals surface area contributed by atoms with Gasteiger partial charge in [-0.15, -0.1) is 0 Å². The Morgan fingerprint density at radius 2 is 1.91 bits per heavy atom. The van der Waals surface area contributed by atoms with Crippen LogP contribution in [0.2, 0.25) is 0 Å². The third-order valence-corrected chi connectivity index (χ3v) is 6.37. The average molecular weight is 302 g/mol. The van der Waals surface area contributed by atoms with Crippen molar-refractivity contribution in [1.82, 2.24) is 0 Å². The Kier molecular flexibility index (Phi) is 3.19. The lowest BCUT2D eigenvalue weighted by atomic mass is 9.59. The van der Waals surface area contributed by atoms with Crippen molar-refractivity contribution in [3.05, 3.63) is 29.3 Å². The molecule has 2 fully saturated rings. The number of aliphatic hydroxyl groups is 1. The Bertz CT molecular complexity index is 611. The van der Waals surface area contributed by atoms with Crippen LogP contribution in [0.1, 0.15) is 42.7 Å². The van der Waals surface area contributed by atoms with E-state index < -0.39 is 12.1 Å². The molecule has 118 valence electrons. The van der Waals surface area contributed by atoms with E-state index in [2.05, 4.69) is 0 Å². The first-order valence-corrected chi connectivity index (χ1v) is 8.29. The van der Waals surface area contributed by atoms with E-state index in [0.29, 0.717) is 18.3 Å². The van der Waals surface area contributed by atoms with E-state index in [1.165, 1.54) is 5.56 Å². The van der Waals surface area contributed by atoms with Crippen molar-refractivity contribution in [1.29, 1.82) is 0 Å². The number of aliphatic carboxylic acids is 1. The first-order valence-electron chi connectivity index (χ1n) is 8.29. The summed E-state index contributed by atoms with van der Waals surface area (Å²) in [5, 5.41) is 29.8. The molecule has 0 saturated heterocycles. The number of carboxylic acid groups (broad SMARTS) is 1. The summed E-state index contributed by atoms with van der Waals surface area (Å²) >= 11 is 0. The standard InChI is InChI=1S/C18H22O4/c19-10-2-4-11-9(7-10)1-3-13-12-5-6-14(18(21)22)15(12)8-16(20)17(11)13/h2,4,7,12-17,19-20H,1,3,5-6,8H2,(H,21,22)/t12?,13?,14?,15?,16-,17?/m0/s1. The van der Waals surface area contributed by atoms with Gasteiger partial charge in [-0.05, 0) is 73.1 Å². The van der Waals surface area contributed by atoms with Gasteiger partial charge in [-0.3, -0.25) is 4.79 Å². The van der Waals surface area contributed by atoms with E-state index in [-0.39, 0.29) is 23.5 Å². The molecule has 0 radical (unpaired) electrons. The van der Waals surface area contributed by atoms with E-state index in [1.807, 2.05) is 12.1 Å². The molecule has 4 heteroatoms. The number of rotatable bonds is 1. The van der Waals surface area contributed by atoms with Crippen LogP contribution in [0.15, 0.2) is 18.2 Å². The van der Waals surface area contributed by atoms with Crippen molar-refractivity contribution >= 4 is 5.97 Å². The number of carbonyl (C=O) groups is 1. The Morgan fingerprint density at radius 1 is 1.09 bits per heavy atom. The van der Waals surface area contributed by atoms with Gasteiger partial charge < -0.3 is 15.3 Å². The molecule has 0 spiro atoms. The molecule has 4 nitrogen and oxygen atoms in total. The zero-order valence-corrected chi connectivity index (χ0v) is 12.5.